The number of hydrogen-bond acceptors (Lipinski definition) is 3. The zero-order chi connectivity index (χ0) is 15.9. The minimum Gasteiger partial charge on any atom is -0.508 e. The van der Waals surface area contributed by atoms with E-state index in [1.807, 2.05) is 12.1 Å². The van der Waals surface area contributed by atoms with Crippen molar-refractivity contribution in [3.8, 4) is 5.75 Å². The highest BCUT2D eigenvalue weighted by molar-refractivity contribution is 5.96. The van der Waals surface area contributed by atoms with E-state index in [4.69, 9.17) is 5.11 Å². The van der Waals surface area contributed by atoms with E-state index >= 15 is 0 Å². The Hall–Kier alpha value is -2.62. The maximum atomic E-state index is 11.9. The maximum Gasteiger partial charge on any atom is 0.335 e. The van der Waals surface area contributed by atoms with Crippen LogP contribution >= 0.6 is 0 Å². The summed E-state index contributed by atoms with van der Waals surface area (Å²) in [7, 11) is 0. The summed E-state index contributed by atoms with van der Waals surface area (Å²) in [4.78, 5) is 22.7. The fourth-order valence-electron chi connectivity index (χ4n) is 2.22. The highest BCUT2D eigenvalue weighted by Crippen LogP contribution is 2.14. The minimum atomic E-state index is -0.925. The summed E-state index contributed by atoms with van der Waals surface area (Å²) in [6.45, 7) is 0. The first-order chi connectivity index (χ1) is 10.6. The van der Waals surface area contributed by atoms with Crippen LogP contribution in [0.4, 0.5) is 0 Å². The number of hydrogen-bond donors (Lipinski definition) is 2. The molecule has 0 unspecified atom stereocenters. The van der Waals surface area contributed by atoms with E-state index in [0.717, 1.165) is 24.8 Å². The van der Waals surface area contributed by atoms with Crippen LogP contribution in [0.15, 0.2) is 48.5 Å². The van der Waals surface area contributed by atoms with Gasteiger partial charge in [-0.25, -0.2) is 4.79 Å². The van der Waals surface area contributed by atoms with Crippen LogP contribution in [0.2, 0.25) is 0 Å². The molecule has 0 spiro atoms. The number of ketones is 1. The second-order valence-electron chi connectivity index (χ2n) is 5.18. The number of aromatic carboxylic acids is 1. The SMILES string of the molecule is O=C(O)c1ccc(CCCCC(=O)c2ccc(O)cc2)cc1. The van der Waals surface area contributed by atoms with Crippen LogP contribution in [0.3, 0.4) is 0 Å². The molecule has 0 atom stereocenters. The Bertz CT molecular complexity index is 642. The van der Waals surface area contributed by atoms with Crippen molar-refractivity contribution in [2.45, 2.75) is 25.7 Å². The van der Waals surface area contributed by atoms with Gasteiger partial charge in [-0.05, 0) is 61.2 Å². The van der Waals surface area contributed by atoms with E-state index in [2.05, 4.69) is 0 Å². The molecule has 0 aliphatic rings. The molecule has 0 aliphatic carbocycles. The molecular formula is C18H18O4. The summed E-state index contributed by atoms with van der Waals surface area (Å²) in [5, 5.41) is 18.0. The van der Waals surface area contributed by atoms with Crippen molar-refractivity contribution >= 4 is 11.8 Å². The molecule has 2 aromatic rings. The molecule has 2 N–H and O–H groups in total. The zero-order valence-electron chi connectivity index (χ0n) is 12.2. The highest BCUT2D eigenvalue weighted by atomic mass is 16.4. The fraction of sp³-hybridized carbons (Fsp3) is 0.222. The van der Waals surface area contributed by atoms with Gasteiger partial charge in [0.05, 0.1) is 5.56 Å². The normalized spacial score (nSPS) is 10.4. The summed E-state index contributed by atoms with van der Waals surface area (Å²) >= 11 is 0. The molecule has 114 valence electrons. The van der Waals surface area contributed by atoms with Gasteiger partial charge in [-0.2, -0.15) is 0 Å². The third kappa shape index (κ3) is 4.45. The van der Waals surface area contributed by atoms with Gasteiger partial charge in [0.2, 0.25) is 0 Å². The lowest BCUT2D eigenvalue weighted by Crippen LogP contribution is -1.99. The topological polar surface area (TPSA) is 74.6 Å². The summed E-state index contributed by atoms with van der Waals surface area (Å²) < 4.78 is 0. The van der Waals surface area contributed by atoms with E-state index in [1.165, 1.54) is 12.1 Å². The van der Waals surface area contributed by atoms with Crippen molar-refractivity contribution in [2.24, 2.45) is 0 Å². The molecule has 0 saturated carbocycles. The van der Waals surface area contributed by atoms with Crippen LogP contribution in [-0.4, -0.2) is 22.0 Å². The van der Waals surface area contributed by atoms with E-state index in [9.17, 15) is 14.7 Å². The third-order valence-corrected chi connectivity index (χ3v) is 3.51. The van der Waals surface area contributed by atoms with Crippen LogP contribution in [0.1, 0.15) is 45.5 Å². The van der Waals surface area contributed by atoms with Crippen molar-refractivity contribution in [3.05, 3.63) is 65.2 Å². The number of unbranched alkanes of at least 4 members (excludes halogenated alkanes) is 1. The molecular weight excluding hydrogens is 280 g/mol. The predicted octanol–water partition coefficient (Wildman–Crippen LogP) is 3.69. The van der Waals surface area contributed by atoms with Crippen LogP contribution in [-0.2, 0) is 6.42 Å². The van der Waals surface area contributed by atoms with E-state index in [-0.39, 0.29) is 17.1 Å². The summed E-state index contributed by atoms with van der Waals surface area (Å²) in [6.07, 6.45) is 2.94. The van der Waals surface area contributed by atoms with Gasteiger partial charge in [-0.15, -0.1) is 0 Å². The number of aromatic hydroxyl groups is 1. The zero-order valence-corrected chi connectivity index (χ0v) is 12.2. The molecule has 4 heteroatoms. The first-order valence-corrected chi connectivity index (χ1v) is 7.21. The average Bonchev–Trinajstić information content (AvgIpc) is 2.52. The first-order valence-electron chi connectivity index (χ1n) is 7.21. The second kappa shape index (κ2) is 7.41. The van der Waals surface area contributed by atoms with Crippen LogP contribution in [0.5, 0.6) is 5.75 Å². The van der Waals surface area contributed by atoms with Gasteiger partial charge in [-0.1, -0.05) is 12.1 Å². The monoisotopic (exact) mass is 298 g/mol. The molecule has 0 fully saturated rings. The molecule has 0 heterocycles. The predicted molar refractivity (Wildman–Crippen MR) is 83.4 cm³/mol. The van der Waals surface area contributed by atoms with Crippen molar-refractivity contribution in [3.63, 3.8) is 0 Å². The Labute approximate surface area is 129 Å². The third-order valence-electron chi connectivity index (χ3n) is 3.51. The van der Waals surface area contributed by atoms with Gasteiger partial charge in [-0.3, -0.25) is 4.79 Å². The van der Waals surface area contributed by atoms with E-state index in [0.29, 0.717) is 12.0 Å². The number of phenols is 1. The number of carboxylic acids is 1. The molecule has 0 radical (unpaired) electrons. The Morgan fingerprint density at radius 1 is 0.818 bits per heavy atom. The Kier molecular flexibility index (Phi) is 5.31. The van der Waals surface area contributed by atoms with Gasteiger partial charge < -0.3 is 10.2 Å². The minimum absolute atomic E-state index is 0.0706. The average molecular weight is 298 g/mol. The number of carbonyl (C=O) groups excluding carboxylic acids is 1. The van der Waals surface area contributed by atoms with Crippen LogP contribution in [0, 0.1) is 0 Å². The Balaban J connectivity index is 1.75. The lowest BCUT2D eigenvalue weighted by Gasteiger charge is -2.03. The quantitative estimate of drug-likeness (QED) is 0.604. The van der Waals surface area contributed by atoms with E-state index in [1.54, 1.807) is 24.3 Å². The number of rotatable bonds is 7. The number of phenolic OH excluding ortho intramolecular Hbond substituents is 1. The molecule has 2 aromatic carbocycles. The van der Waals surface area contributed by atoms with Gasteiger partial charge >= 0.3 is 5.97 Å². The van der Waals surface area contributed by atoms with Gasteiger partial charge in [0.15, 0.2) is 5.78 Å². The molecule has 0 aliphatic heterocycles. The summed E-state index contributed by atoms with van der Waals surface area (Å²) in [5.41, 5.74) is 1.97. The van der Waals surface area contributed by atoms with Crippen molar-refractivity contribution < 1.29 is 19.8 Å². The Morgan fingerprint density at radius 2 is 1.41 bits per heavy atom. The standard InChI is InChI=1S/C18H18O4/c19-16-11-9-14(10-12-16)17(20)4-2-1-3-13-5-7-15(8-6-13)18(21)22/h5-12,19H,1-4H2,(H,21,22). The molecule has 0 bridgehead atoms. The molecule has 0 aromatic heterocycles. The van der Waals surface area contributed by atoms with Crippen LogP contribution in [0.25, 0.3) is 0 Å². The van der Waals surface area contributed by atoms with Gasteiger partial charge in [0.25, 0.3) is 0 Å². The number of Topliss-reactive ketones (excluding diaryl/α,β-unsaturated/α-hetero) is 1. The van der Waals surface area contributed by atoms with Crippen molar-refractivity contribution in [2.75, 3.05) is 0 Å². The lowest BCUT2D eigenvalue weighted by atomic mass is 10.0. The highest BCUT2D eigenvalue weighted by Gasteiger charge is 2.06. The number of aryl methyl sites for hydroxylation is 1. The first kappa shape index (κ1) is 15.8. The molecule has 2 rings (SSSR count). The van der Waals surface area contributed by atoms with Gasteiger partial charge in [0.1, 0.15) is 5.75 Å². The van der Waals surface area contributed by atoms with Crippen molar-refractivity contribution in [1.29, 1.82) is 0 Å². The number of carboxylic acid groups (broad SMARTS) is 1. The number of carbonyl (C=O) groups is 2. The molecule has 0 saturated heterocycles. The summed E-state index contributed by atoms with van der Waals surface area (Å²) in [5.74, 6) is -0.700. The molecule has 22 heavy (non-hydrogen) atoms. The lowest BCUT2D eigenvalue weighted by molar-refractivity contribution is 0.0696. The van der Waals surface area contributed by atoms with Crippen molar-refractivity contribution in [1.82, 2.24) is 0 Å². The fourth-order valence-corrected chi connectivity index (χ4v) is 2.22. The maximum absolute atomic E-state index is 11.9. The Morgan fingerprint density at radius 3 is 2.00 bits per heavy atom. The largest absolute Gasteiger partial charge is 0.508 e. The van der Waals surface area contributed by atoms with Crippen LogP contribution < -0.4 is 0 Å². The number of benzene rings is 2. The molecule has 4 nitrogen and oxygen atoms in total. The second-order valence-corrected chi connectivity index (χ2v) is 5.18. The van der Waals surface area contributed by atoms with Gasteiger partial charge in [0, 0.05) is 12.0 Å². The smallest absolute Gasteiger partial charge is 0.335 e. The van der Waals surface area contributed by atoms with E-state index < -0.39 is 5.97 Å². The summed E-state index contributed by atoms with van der Waals surface area (Å²) in [6, 6.07) is 13.1. The molecule has 0 amide bonds.